The maximum Gasteiger partial charge on any atom is 0.257 e. The summed E-state index contributed by atoms with van der Waals surface area (Å²) in [5, 5.41) is 0. The lowest BCUT2D eigenvalue weighted by Crippen LogP contribution is -2.41. The summed E-state index contributed by atoms with van der Waals surface area (Å²) in [5.74, 6) is 2.18. The Labute approximate surface area is 227 Å². The Hall–Kier alpha value is -0.790. The van der Waals surface area contributed by atoms with E-state index in [1.807, 2.05) is 0 Å². The molecule has 0 fully saturated rings. The summed E-state index contributed by atoms with van der Waals surface area (Å²) < 4.78 is 2.56. The van der Waals surface area contributed by atoms with E-state index in [0.717, 1.165) is 0 Å². The molecule has 2 nitrogen and oxygen atoms in total. The predicted octanol–water partition coefficient (Wildman–Crippen LogP) is 11.8. The summed E-state index contributed by atoms with van der Waals surface area (Å²) in [7, 11) is 0. The van der Waals surface area contributed by atoms with E-state index in [2.05, 4.69) is 49.6 Å². The molecular weight excluding hydrogens is 436 g/mol. The van der Waals surface area contributed by atoms with Crippen molar-refractivity contribution in [2.75, 3.05) is 0 Å². The zero-order valence-corrected chi connectivity index (χ0v) is 25.4. The van der Waals surface area contributed by atoms with Crippen LogP contribution in [0.1, 0.15) is 206 Å². The molecule has 2 heteroatoms. The van der Waals surface area contributed by atoms with Crippen LogP contribution in [0.3, 0.4) is 0 Å². The van der Waals surface area contributed by atoms with Gasteiger partial charge in [-0.3, -0.25) is 0 Å². The van der Waals surface area contributed by atoms with Gasteiger partial charge in [0.2, 0.25) is 0 Å². The Morgan fingerprint density at radius 3 is 1.36 bits per heavy atom. The molecule has 0 aliphatic rings. The number of hydrogen-bond acceptors (Lipinski definition) is 0. The second kappa shape index (κ2) is 24.5. The van der Waals surface area contributed by atoms with Gasteiger partial charge in [0.25, 0.3) is 5.82 Å². The highest BCUT2D eigenvalue weighted by Crippen LogP contribution is 2.24. The Kier molecular flexibility index (Phi) is 22.7. The lowest BCUT2D eigenvalue weighted by Gasteiger charge is -2.16. The smallest absolute Gasteiger partial charge is 0.247 e. The second-order valence-electron chi connectivity index (χ2n) is 11.9. The van der Waals surface area contributed by atoms with Crippen molar-refractivity contribution in [2.45, 2.75) is 200 Å². The molecule has 36 heavy (non-hydrogen) atoms. The molecule has 0 spiro atoms. The molecule has 0 amide bonds. The Morgan fingerprint density at radius 2 is 0.944 bits per heavy atom. The van der Waals surface area contributed by atoms with Crippen molar-refractivity contribution in [1.82, 2.24) is 4.98 Å². The fraction of sp³-hybridized carbons (Fsp3) is 0.912. The minimum absolute atomic E-state index is 0.622. The summed E-state index contributed by atoms with van der Waals surface area (Å²) in [6, 6.07) is 0.622. The van der Waals surface area contributed by atoms with Gasteiger partial charge in [0.1, 0.15) is 12.4 Å². The third-order valence-electron chi connectivity index (χ3n) is 8.48. The first kappa shape index (κ1) is 33.2. The lowest BCUT2D eigenvalue weighted by molar-refractivity contribution is -0.727. The number of imidazole rings is 1. The van der Waals surface area contributed by atoms with E-state index >= 15 is 0 Å². The predicted molar refractivity (Wildman–Crippen MR) is 161 cm³/mol. The van der Waals surface area contributed by atoms with Crippen molar-refractivity contribution < 1.29 is 4.57 Å². The van der Waals surface area contributed by atoms with Gasteiger partial charge in [-0.2, -0.15) is 0 Å². The third-order valence-corrected chi connectivity index (χ3v) is 8.48. The van der Waals surface area contributed by atoms with Crippen LogP contribution in [0.25, 0.3) is 0 Å². The number of aromatic amines is 1. The SMILES string of the molecule is CCCCCCCCCCCCCCCCCCC(CC)c1[nH]cc[n+]1C(C)CCCCCCCC. The minimum Gasteiger partial charge on any atom is -0.247 e. The molecule has 1 heterocycles. The average Bonchev–Trinajstić information content (AvgIpc) is 3.38. The molecule has 0 aliphatic carbocycles. The average molecular weight is 504 g/mol. The summed E-state index contributed by atoms with van der Waals surface area (Å²) in [4.78, 5) is 3.62. The number of rotatable bonds is 27. The maximum atomic E-state index is 3.62. The highest BCUT2D eigenvalue weighted by Gasteiger charge is 2.24. The number of aromatic nitrogens is 2. The quantitative estimate of drug-likeness (QED) is 0.0909. The highest BCUT2D eigenvalue weighted by molar-refractivity contribution is 4.89. The van der Waals surface area contributed by atoms with Crippen LogP contribution in [0.5, 0.6) is 0 Å². The van der Waals surface area contributed by atoms with E-state index in [-0.39, 0.29) is 0 Å². The van der Waals surface area contributed by atoms with Gasteiger partial charge in [-0.05, 0) is 32.6 Å². The maximum absolute atomic E-state index is 3.62. The van der Waals surface area contributed by atoms with Crippen molar-refractivity contribution in [3.8, 4) is 0 Å². The van der Waals surface area contributed by atoms with Gasteiger partial charge in [0.15, 0.2) is 0 Å². The zero-order valence-electron chi connectivity index (χ0n) is 25.4. The molecule has 0 aromatic carbocycles. The van der Waals surface area contributed by atoms with E-state index < -0.39 is 0 Å². The van der Waals surface area contributed by atoms with Crippen LogP contribution < -0.4 is 4.57 Å². The first-order chi connectivity index (χ1) is 17.7. The van der Waals surface area contributed by atoms with Crippen molar-refractivity contribution in [2.24, 2.45) is 0 Å². The molecule has 212 valence electrons. The summed E-state index contributed by atoms with van der Waals surface area (Å²) >= 11 is 0. The van der Waals surface area contributed by atoms with E-state index in [0.29, 0.717) is 12.0 Å². The minimum atomic E-state index is 0.622. The van der Waals surface area contributed by atoms with Crippen LogP contribution in [-0.2, 0) is 0 Å². The van der Waals surface area contributed by atoms with E-state index in [9.17, 15) is 0 Å². The first-order valence-corrected chi connectivity index (χ1v) is 16.8. The van der Waals surface area contributed by atoms with Crippen molar-refractivity contribution >= 4 is 0 Å². The van der Waals surface area contributed by atoms with Crippen LogP contribution in [-0.4, -0.2) is 4.98 Å². The van der Waals surface area contributed by atoms with Gasteiger partial charge in [-0.1, -0.05) is 156 Å². The fourth-order valence-electron chi connectivity index (χ4n) is 5.90. The molecule has 1 N–H and O–H groups in total. The second-order valence-corrected chi connectivity index (χ2v) is 11.9. The highest BCUT2D eigenvalue weighted by atomic mass is 15.1. The normalized spacial score (nSPS) is 13.3. The Balaban J connectivity index is 2.06. The molecule has 1 aromatic rings. The van der Waals surface area contributed by atoms with Gasteiger partial charge in [0.05, 0.1) is 12.0 Å². The van der Waals surface area contributed by atoms with Crippen LogP contribution >= 0.6 is 0 Å². The van der Waals surface area contributed by atoms with Crippen LogP contribution in [0.4, 0.5) is 0 Å². The zero-order chi connectivity index (χ0) is 26.1. The van der Waals surface area contributed by atoms with Crippen molar-refractivity contribution in [3.05, 3.63) is 18.2 Å². The molecule has 1 aromatic heterocycles. The molecular formula is C34H67N2+. The van der Waals surface area contributed by atoms with Gasteiger partial charge in [0, 0.05) is 0 Å². The number of nitrogens with zero attached hydrogens (tertiary/aromatic N) is 1. The summed E-state index contributed by atoms with van der Waals surface area (Å²) in [6.07, 6.45) is 39.9. The molecule has 1 rings (SSSR count). The molecule has 2 unspecified atom stereocenters. The molecule has 0 radical (unpaired) electrons. The fourth-order valence-corrected chi connectivity index (χ4v) is 5.90. The monoisotopic (exact) mass is 504 g/mol. The van der Waals surface area contributed by atoms with Gasteiger partial charge in [-0.15, -0.1) is 0 Å². The van der Waals surface area contributed by atoms with Crippen LogP contribution in [0, 0.1) is 0 Å². The number of unbranched alkanes of at least 4 members (excludes halogenated alkanes) is 20. The van der Waals surface area contributed by atoms with Gasteiger partial charge in [-0.25, -0.2) is 9.55 Å². The largest absolute Gasteiger partial charge is 0.257 e. The first-order valence-electron chi connectivity index (χ1n) is 16.8. The standard InChI is InChI=1S/C34H66N2/c1-5-8-10-12-14-15-16-17-18-19-20-21-22-23-25-27-29-33(7-3)34-35-30-31-36(34)32(4)28-26-24-13-11-9-6-2/h30-33H,5-29H2,1-4H3/p+1. The molecule has 0 aliphatic heterocycles. The van der Waals surface area contributed by atoms with Crippen molar-refractivity contribution in [3.63, 3.8) is 0 Å². The lowest BCUT2D eigenvalue weighted by atomic mass is 9.96. The van der Waals surface area contributed by atoms with E-state index in [1.54, 1.807) is 0 Å². The van der Waals surface area contributed by atoms with Crippen molar-refractivity contribution in [1.29, 1.82) is 0 Å². The van der Waals surface area contributed by atoms with E-state index in [4.69, 9.17) is 0 Å². The van der Waals surface area contributed by atoms with Gasteiger partial charge < -0.3 is 0 Å². The molecule has 0 saturated heterocycles. The summed E-state index contributed by atoms with van der Waals surface area (Å²) in [5.41, 5.74) is 0. The van der Waals surface area contributed by atoms with Crippen LogP contribution in [0.15, 0.2) is 12.4 Å². The number of nitrogens with one attached hydrogen (secondary N) is 1. The van der Waals surface area contributed by atoms with E-state index in [1.165, 1.54) is 166 Å². The molecule has 2 atom stereocenters. The van der Waals surface area contributed by atoms with Crippen LogP contribution in [0.2, 0.25) is 0 Å². The third kappa shape index (κ3) is 16.9. The molecule has 0 bridgehead atoms. The summed E-state index contributed by atoms with van der Waals surface area (Å²) in [6.45, 7) is 9.40. The Bertz CT molecular complexity index is 563. The number of hydrogen-bond donors (Lipinski definition) is 1. The topological polar surface area (TPSA) is 19.7 Å². The Morgan fingerprint density at radius 1 is 0.556 bits per heavy atom. The van der Waals surface area contributed by atoms with Gasteiger partial charge >= 0.3 is 0 Å². The number of H-pyrrole nitrogens is 1. The molecule has 0 saturated carbocycles.